The largest absolute Gasteiger partial charge is 0.464 e. The van der Waals surface area contributed by atoms with Gasteiger partial charge in [-0.3, -0.25) is 9.80 Å². The lowest BCUT2D eigenvalue weighted by atomic mass is 9.97. The Labute approximate surface area is 213 Å². The summed E-state index contributed by atoms with van der Waals surface area (Å²) in [7, 11) is 0. The van der Waals surface area contributed by atoms with Crippen molar-refractivity contribution in [1.82, 2.24) is 24.3 Å². The number of nitrogen functional groups attached to an aromatic ring is 1. The third kappa shape index (κ3) is 4.53. The maximum Gasteiger partial charge on any atom is 0.416 e. The highest BCUT2D eigenvalue weighted by atomic mass is 35.5. The van der Waals surface area contributed by atoms with Crippen molar-refractivity contribution in [2.24, 2.45) is 5.92 Å². The molecule has 9 nitrogen and oxygen atoms in total. The number of anilines is 1. The van der Waals surface area contributed by atoms with E-state index in [9.17, 15) is 14.7 Å². The first-order valence-corrected chi connectivity index (χ1v) is 12.2. The number of benzene rings is 2. The van der Waals surface area contributed by atoms with Crippen LogP contribution in [-0.4, -0.2) is 68.0 Å². The fourth-order valence-electron chi connectivity index (χ4n) is 5.18. The lowest BCUT2D eigenvalue weighted by Crippen LogP contribution is -2.49. The molecular weight excluding hydrogens is 480 g/mol. The van der Waals surface area contributed by atoms with E-state index in [-0.39, 0.29) is 12.0 Å². The van der Waals surface area contributed by atoms with E-state index in [2.05, 4.69) is 19.8 Å². The standard InChI is InChI=1S/C26H27ClN6O3/c1-16(14-34)24(23-12-18-11-19(27)3-5-22(18)33(23)26(35)36)32-8-6-31(7-9-32)13-17-2-4-20-21(10-17)29-15-30-25(20)28/h2-5,10-12,14-16,24H,6-9,13H2,1H3,(H,35,36)(H2,28,29,30)/t16-,24?/m1/s1. The van der Waals surface area contributed by atoms with E-state index in [1.54, 1.807) is 18.2 Å². The summed E-state index contributed by atoms with van der Waals surface area (Å²) < 4.78 is 1.28. The van der Waals surface area contributed by atoms with Crippen LogP contribution in [0, 0.1) is 5.92 Å². The molecule has 3 heterocycles. The van der Waals surface area contributed by atoms with E-state index in [0.717, 1.165) is 47.8 Å². The van der Waals surface area contributed by atoms with Crippen LogP contribution in [0.4, 0.5) is 10.6 Å². The van der Waals surface area contributed by atoms with Crippen molar-refractivity contribution >= 4 is 51.6 Å². The van der Waals surface area contributed by atoms with Crippen molar-refractivity contribution in [3.63, 3.8) is 0 Å². The first kappa shape index (κ1) is 24.2. The molecule has 0 aliphatic carbocycles. The van der Waals surface area contributed by atoms with Gasteiger partial charge >= 0.3 is 6.09 Å². The predicted molar refractivity (Wildman–Crippen MR) is 139 cm³/mol. The molecule has 0 spiro atoms. The van der Waals surface area contributed by atoms with Crippen molar-refractivity contribution < 1.29 is 14.7 Å². The lowest BCUT2D eigenvalue weighted by Gasteiger charge is -2.40. The number of nitrogens with two attached hydrogens (primary N) is 1. The zero-order chi connectivity index (χ0) is 25.4. The van der Waals surface area contributed by atoms with Crippen molar-refractivity contribution in [2.75, 3.05) is 31.9 Å². The van der Waals surface area contributed by atoms with Crippen LogP contribution < -0.4 is 5.73 Å². The van der Waals surface area contributed by atoms with Gasteiger partial charge in [-0.1, -0.05) is 24.6 Å². The molecule has 0 bridgehead atoms. The summed E-state index contributed by atoms with van der Waals surface area (Å²) in [6, 6.07) is 12.6. The number of carbonyl (C=O) groups excluding carboxylic acids is 1. The molecule has 1 unspecified atom stereocenters. The van der Waals surface area contributed by atoms with Gasteiger partial charge in [0, 0.05) is 60.1 Å². The van der Waals surface area contributed by atoms with Crippen LogP contribution >= 0.6 is 11.6 Å². The minimum atomic E-state index is -1.08. The molecule has 0 radical (unpaired) electrons. The highest BCUT2D eigenvalue weighted by Gasteiger charge is 2.33. The summed E-state index contributed by atoms with van der Waals surface area (Å²) in [6.07, 6.45) is 1.29. The number of carbonyl (C=O) groups is 2. The molecule has 2 aromatic heterocycles. The fraction of sp³-hybridized carbons (Fsp3) is 0.308. The molecule has 2 aromatic carbocycles. The number of rotatable bonds is 6. The van der Waals surface area contributed by atoms with Crippen LogP contribution in [0.3, 0.4) is 0 Å². The Morgan fingerprint density at radius 2 is 1.92 bits per heavy atom. The fourth-order valence-corrected chi connectivity index (χ4v) is 5.36. The number of aldehydes is 1. The Bertz CT molecular complexity index is 1450. The van der Waals surface area contributed by atoms with Crippen LogP contribution in [0.2, 0.25) is 5.02 Å². The minimum Gasteiger partial charge on any atom is -0.464 e. The smallest absolute Gasteiger partial charge is 0.416 e. The molecule has 10 heteroatoms. The molecule has 4 aromatic rings. The maximum atomic E-state index is 12.2. The van der Waals surface area contributed by atoms with Gasteiger partial charge in [0.1, 0.15) is 18.4 Å². The minimum absolute atomic E-state index is 0.368. The summed E-state index contributed by atoms with van der Waals surface area (Å²) in [5, 5.41) is 12.1. The molecule has 36 heavy (non-hydrogen) atoms. The Kier molecular flexibility index (Phi) is 6.61. The van der Waals surface area contributed by atoms with E-state index in [0.29, 0.717) is 35.1 Å². The van der Waals surface area contributed by atoms with Crippen molar-refractivity contribution in [3.05, 3.63) is 65.1 Å². The summed E-state index contributed by atoms with van der Waals surface area (Å²) in [4.78, 5) is 37.1. The molecule has 1 fully saturated rings. The second-order valence-corrected chi connectivity index (χ2v) is 9.69. The number of nitrogens with zero attached hydrogens (tertiary/aromatic N) is 5. The van der Waals surface area contributed by atoms with Gasteiger partial charge in [0.05, 0.1) is 17.1 Å². The van der Waals surface area contributed by atoms with Crippen LogP contribution in [0.25, 0.3) is 21.8 Å². The monoisotopic (exact) mass is 506 g/mol. The normalized spacial score (nSPS) is 16.8. The number of piperazine rings is 1. The van der Waals surface area contributed by atoms with Crippen molar-refractivity contribution in [1.29, 1.82) is 0 Å². The molecule has 1 aliphatic heterocycles. The van der Waals surface area contributed by atoms with Gasteiger partial charge in [-0.15, -0.1) is 0 Å². The third-order valence-corrected chi connectivity index (χ3v) is 7.17. The van der Waals surface area contributed by atoms with Gasteiger partial charge in [-0.05, 0) is 42.0 Å². The predicted octanol–water partition coefficient (Wildman–Crippen LogP) is 4.04. The number of hydrogen-bond acceptors (Lipinski definition) is 7. The zero-order valence-corrected chi connectivity index (χ0v) is 20.6. The molecule has 1 saturated heterocycles. The highest BCUT2D eigenvalue weighted by molar-refractivity contribution is 6.31. The molecule has 3 N–H and O–H groups in total. The maximum absolute atomic E-state index is 12.2. The van der Waals surface area contributed by atoms with E-state index in [1.165, 1.54) is 10.9 Å². The molecule has 0 saturated carbocycles. The van der Waals surface area contributed by atoms with E-state index in [1.807, 2.05) is 31.2 Å². The number of hydrogen-bond donors (Lipinski definition) is 2. The molecule has 5 rings (SSSR count). The molecule has 2 atom stereocenters. The molecule has 186 valence electrons. The van der Waals surface area contributed by atoms with Crippen LogP contribution in [-0.2, 0) is 11.3 Å². The first-order valence-electron chi connectivity index (χ1n) is 11.8. The molecular formula is C26H27ClN6O3. The Morgan fingerprint density at radius 1 is 1.14 bits per heavy atom. The van der Waals surface area contributed by atoms with E-state index >= 15 is 0 Å². The molecule has 1 aliphatic rings. The number of carboxylic acid groups (broad SMARTS) is 1. The third-order valence-electron chi connectivity index (χ3n) is 6.94. The average Bonchev–Trinajstić information content (AvgIpc) is 3.23. The zero-order valence-electron chi connectivity index (χ0n) is 19.8. The van der Waals surface area contributed by atoms with Gasteiger partial charge < -0.3 is 15.6 Å². The van der Waals surface area contributed by atoms with Gasteiger partial charge in [0.2, 0.25) is 0 Å². The average molecular weight is 507 g/mol. The van der Waals surface area contributed by atoms with E-state index < -0.39 is 6.09 Å². The Hall–Kier alpha value is -3.53. The summed E-state index contributed by atoms with van der Waals surface area (Å²) in [5.74, 6) is 0.0802. The first-order chi connectivity index (χ1) is 17.4. The number of halogens is 1. The molecule has 0 amide bonds. The second kappa shape index (κ2) is 9.85. The van der Waals surface area contributed by atoms with Gasteiger partial charge in [0.25, 0.3) is 0 Å². The van der Waals surface area contributed by atoms with Gasteiger partial charge in [-0.2, -0.15) is 0 Å². The summed E-state index contributed by atoms with van der Waals surface area (Å²) in [5.41, 5.74) is 9.04. The topological polar surface area (TPSA) is 118 Å². The highest BCUT2D eigenvalue weighted by Crippen LogP contribution is 2.34. The Morgan fingerprint density at radius 3 is 2.64 bits per heavy atom. The van der Waals surface area contributed by atoms with Crippen molar-refractivity contribution in [2.45, 2.75) is 19.5 Å². The van der Waals surface area contributed by atoms with E-state index in [4.69, 9.17) is 17.3 Å². The van der Waals surface area contributed by atoms with Crippen LogP contribution in [0.15, 0.2) is 48.8 Å². The van der Waals surface area contributed by atoms with Crippen LogP contribution in [0.5, 0.6) is 0 Å². The second-order valence-electron chi connectivity index (χ2n) is 9.25. The number of fused-ring (bicyclic) bond motifs is 2. The number of aromatic nitrogens is 3. The quantitative estimate of drug-likeness (QED) is 0.376. The lowest BCUT2D eigenvalue weighted by molar-refractivity contribution is -0.113. The Balaban J connectivity index is 1.37. The summed E-state index contributed by atoms with van der Waals surface area (Å²) >= 11 is 6.16. The van der Waals surface area contributed by atoms with Gasteiger partial charge in [-0.25, -0.2) is 19.3 Å². The van der Waals surface area contributed by atoms with Crippen LogP contribution in [0.1, 0.15) is 24.2 Å². The van der Waals surface area contributed by atoms with Gasteiger partial charge in [0.15, 0.2) is 0 Å². The van der Waals surface area contributed by atoms with Crippen molar-refractivity contribution in [3.8, 4) is 0 Å². The SMILES string of the molecule is C[C@H](C=O)C(c1cc2cc(Cl)ccc2n1C(=O)O)N1CCN(Cc2ccc3c(N)ncnc3c2)CC1. The summed E-state index contributed by atoms with van der Waals surface area (Å²) in [6.45, 7) is 5.57.